The lowest BCUT2D eigenvalue weighted by Crippen LogP contribution is -2.23. The summed E-state index contributed by atoms with van der Waals surface area (Å²) in [5, 5.41) is 7.54. The Balaban J connectivity index is 1.69. The van der Waals surface area contributed by atoms with Crippen molar-refractivity contribution < 1.29 is 13.9 Å². The second kappa shape index (κ2) is 10.2. The van der Waals surface area contributed by atoms with Crippen LogP contribution >= 0.6 is 12.2 Å². The van der Waals surface area contributed by atoms with Gasteiger partial charge in [-0.1, -0.05) is 42.5 Å². The molecule has 29 heavy (non-hydrogen) atoms. The molecule has 3 rings (SSSR count). The SMILES string of the molecule is COc1cccc(/C=N\NC(=S)Nc2ccccc2)c1OCc1ccccc1F. The van der Waals surface area contributed by atoms with Gasteiger partial charge in [-0.05, 0) is 42.5 Å². The summed E-state index contributed by atoms with van der Waals surface area (Å²) in [6, 6.07) is 21.4. The Kier molecular flexibility index (Phi) is 7.13. The second-order valence-electron chi connectivity index (χ2n) is 5.95. The van der Waals surface area contributed by atoms with Gasteiger partial charge in [-0.2, -0.15) is 5.10 Å². The normalized spacial score (nSPS) is 10.6. The minimum Gasteiger partial charge on any atom is -0.493 e. The largest absolute Gasteiger partial charge is 0.493 e. The van der Waals surface area contributed by atoms with Crippen LogP contribution in [0.3, 0.4) is 0 Å². The first-order chi connectivity index (χ1) is 14.2. The van der Waals surface area contributed by atoms with E-state index in [0.29, 0.717) is 27.7 Å². The smallest absolute Gasteiger partial charge is 0.191 e. The molecule has 0 saturated carbocycles. The molecule has 3 aromatic rings. The highest BCUT2D eigenvalue weighted by atomic mass is 32.1. The van der Waals surface area contributed by atoms with Gasteiger partial charge in [0, 0.05) is 16.8 Å². The minimum absolute atomic E-state index is 0.0648. The number of benzene rings is 3. The molecule has 5 nitrogen and oxygen atoms in total. The van der Waals surface area contributed by atoms with Gasteiger partial charge < -0.3 is 14.8 Å². The van der Waals surface area contributed by atoms with E-state index in [2.05, 4.69) is 15.8 Å². The number of thiocarbonyl (C=S) groups is 1. The number of hydrazone groups is 1. The van der Waals surface area contributed by atoms with Crippen molar-refractivity contribution in [3.8, 4) is 11.5 Å². The number of hydrogen-bond donors (Lipinski definition) is 2. The number of nitrogens with zero attached hydrogens (tertiary/aromatic N) is 1. The van der Waals surface area contributed by atoms with Crippen molar-refractivity contribution in [2.45, 2.75) is 6.61 Å². The highest BCUT2D eigenvalue weighted by molar-refractivity contribution is 7.80. The van der Waals surface area contributed by atoms with Gasteiger partial charge in [0.2, 0.25) is 0 Å². The van der Waals surface area contributed by atoms with Crippen LogP contribution in [-0.4, -0.2) is 18.4 Å². The van der Waals surface area contributed by atoms with Crippen molar-refractivity contribution in [2.75, 3.05) is 12.4 Å². The second-order valence-corrected chi connectivity index (χ2v) is 6.36. The van der Waals surface area contributed by atoms with Gasteiger partial charge in [-0.15, -0.1) is 0 Å². The number of ether oxygens (including phenoxy) is 2. The number of para-hydroxylation sites is 2. The van der Waals surface area contributed by atoms with Crippen LogP contribution in [0.15, 0.2) is 77.9 Å². The van der Waals surface area contributed by atoms with Crippen LogP contribution in [0.2, 0.25) is 0 Å². The van der Waals surface area contributed by atoms with Crippen LogP contribution in [0.25, 0.3) is 0 Å². The quantitative estimate of drug-likeness (QED) is 0.336. The van der Waals surface area contributed by atoms with Gasteiger partial charge in [0.05, 0.1) is 13.3 Å². The average molecular weight is 409 g/mol. The van der Waals surface area contributed by atoms with E-state index in [1.165, 1.54) is 6.07 Å². The molecule has 0 aliphatic rings. The molecule has 0 amide bonds. The predicted molar refractivity (Wildman–Crippen MR) is 117 cm³/mol. The van der Waals surface area contributed by atoms with E-state index < -0.39 is 0 Å². The Morgan fingerprint density at radius 3 is 2.55 bits per heavy atom. The summed E-state index contributed by atoms with van der Waals surface area (Å²) in [5.41, 5.74) is 4.73. The van der Waals surface area contributed by atoms with Crippen LogP contribution in [0, 0.1) is 5.82 Å². The highest BCUT2D eigenvalue weighted by Crippen LogP contribution is 2.31. The van der Waals surface area contributed by atoms with Crippen LogP contribution in [0.5, 0.6) is 11.5 Å². The van der Waals surface area contributed by atoms with E-state index in [4.69, 9.17) is 21.7 Å². The fourth-order valence-corrected chi connectivity index (χ4v) is 2.73. The summed E-state index contributed by atoms with van der Waals surface area (Å²) >= 11 is 5.23. The minimum atomic E-state index is -0.323. The Morgan fingerprint density at radius 2 is 1.79 bits per heavy atom. The molecule has 2 N–H and O–H groups in total. The van der Waals surface area contributed by atoms with E-state index >= 15 is 0 Å². The Bertz CT molecular complexity index is 996. The predicted octanol–water partition coefficient (Wildman–Crippen LogP) is 4.73. The lowest BCUT2D eigenvalue weighted by atomic mass is 10.2. The van der Waals surface area contributed by atoms with Gasteiger partial charge in [0.25, 0.3) is 0 Å². The Hall–Kier alpha value is -3.45. The van der Waals surface area contributed by atoms with Crippen molar-refractivity contribution in [2.24, 2.45) is 5.10 Å². The van der Waals surface area contributed by atoms with Crippen LogP contribution in [0.1, 0.15) is 11.1 Å². The maximum absolute atomic E-state index is 13.9. The fraction of sp³-hybridized carbons (Fsp3) is 0.0909. The van der Waals surface area contributed by atoms with Gasteiger partial charge >= 0.3 is 0 Å². The van der Waals surface area contributed by atoms with Crippen molar-refractivity contribution in [3.05, 3.63) is 89.7 Å². The van der Waals surface area contributed by atoms with E-state index in [1.807, 2.05) is 42.5 Å². The maximum atomic E-state index is 13.9. The van der Waals surface area contributed by atoms with E-state index in [9.17, 15) is 4.39 Å². The zero-order valence-corrected chi connectivity index (χ0v) is 16.6. The Labute approximate surface area is 174 Å². The average Bonchev–Trinajstić information content (AvgIpc) is 2.74. The summed E-state index contributed by atoms with van der Waals surface area (Å²) in [5.74, 6) is 0.664. The maximum Gasteiger partial charge on any atom is 0.191 e. The molecule has 0 unspecified atom stereocenters. The first-order valence-corrected chi connectivity index (χ1v) is 9.26. The molecule has 0 bridgehead atoms. The van der Waals surface area contributed by atoms with E-state index in [0.717, 1.165) is 5.69 Å². The lowest BCUT2D eigenvalue weighted by Gasteiger charge is -2.13. The molecular formula is C22H20FN3O2S. The van der Waals surface area contributed by atoms with Crippen LogP contribution in [0.4, 0.5) is 10.1 Å². The molecule has 0 fully saturated rings. The van der Waals surface area contributed by atoms with Gasteiger partial charge in [-0.25, -0.2) is 4.39 Å². The first-order valence-electron chi connectivity index (χ1n) is 8.85. The summed E-state index contributed by atoms with van der Waals surface area (Å²) < 4.78 is 25.1. The molecule has 7 heteroatoms. The third kappa shape index (κ3) is 5.76. The first kappa shape index (κ1) is 20.3. The molecule has 0 heterocycles. The third-order valence-corrected chi connectivity index (χ3v) is 4.15. The van der Waals surface area contributed by atoms with Crippen molar-refractivity contribution in [1.82, 2.24) is 5.43 Å². The molecular weight excluding hydrogens is 389 g/mol. The molecule has 0 aliphatic heterocycles. The molecule has 0 spiro atoms. The molecule has 0 saturated heterocycles. The van der Waals surface area contributed by atoms with Gasteiger partial charge in [0.15, 0.2) is 16.6 Å². The van der Waals surface area contributed by atoms with E-state index in [-0.39, 0.29) is 12.4 Å². The molecule has 0 aliphatic carbocycles. The number of anilines is 1. The summed E-state index contributed by atoms with van der Waals surface area (Å²) in [4.78, 5) is 0. The molecule has 0 aromatic heterocycles. The zero-order chi connectivity index (χ0) is 20.5. The number of methoxy groups -OCH3 is 1. The monoisotopic (exact) mass is 409 g/mol. The highest BCUT2D eigenvalue weighted by Gasteiger charge is 2.11. The topological polar surface area (TPSA) is 54.9 Å². The molecule has 148 valence electrons. The van der Waals surface area contributed by atoms with Crippen molar-refractivity contribution >= 4 is 29.2 Å². The number of halogens is 1. The van der Waals surface area contributed by atoms with Crippen LogP contribution in [-0.2, 0) is 6.61 Å². The summed E-state index contributed by atoms with van der Waals surface area (Å²) in [6.45, 7) is 0.0648. The fourth-order valence-electron chi connectivity index (χ4n) is 2.56. The van der Waals surface area contributed by atoms with Crippen molar-refractivity contribution in [1.29, 1.82) is 0 Å². The molecule has 0 atom stereocenters. The Morgan fingerprint density at radius 1 is 1.03 bits per heavy atom. The zero-order valence-electron chi connectivity index (χ0n) is 15.8. The number of rotatable bonds is 7. The number of nitrogens with one attached hydrogen (secondary N) is 2. The standard InChI is InChI=1S/C22H20FN3O2S/c1-27-20-13-7-9-16(21(20)28-15-17-8-5-6-12-19(17)23)14-24-26-22(29)25-18-10-3-2-4-11-18/h2-14H,15H2,1H3,(H2,25,26,29)/b24-14-. The summed E-state index contributed by atoms with van der Waals surface area (Å²) in [6.07, 6.45) is 1.57. The van der Waals surface area contributed by atoms with Gasteiger partial charge in [0.1, 0.15) is 12.4 Å². The molecule has 0 radical (unpaired) electrons. The lowest BCUT2D eigenvalue weighted by molar-refractivity contribution is 0.279. The summed E-state index contributed by atoms with van der Waals surface area (Å²) in [7, 11) is 1.55. The molecule has 3 aromatic carbocycles. The number of hydrogen-bond acceptors (Lipinski definition) is 4. The van der Waals surface area contributed by atoms with Crippen LogP contribution < -0.4 is 20.2 Å². The van der Waals surface area contributed by atoms with Gasteiger partial charge in [-0.3, -0.25) is 5.43 Å². The third-order valence-electron chi connectivity index (χ3n) is 3.96. The van der Waals surface area contributed by atoms with Crippen molar-refractivity contribution in [3.63, 3.8) is 0 Å². The van der Waals surface area contributed by atoms with E-state index in [1.54, 1.807) is 37.6 Å².